The van der Waals surface area contributed by atoms with Gasteiger partial charge in [0.15, 0.2) is 0 Å². The van der Waals surface area contributed by atoms with Crippen LogP contribution in [0.25, 0.3) is 0 Å². The minimum absolute atomic E-state index is 0.408. The van der Waals surface area contributed by atoms with Crippen LogP contribution in [0.15, 0.2) is 58.8 Å². The van der Waals surface area contributed by atoms with E-state index in [9.17, 15) is 4.79 Å². The van der Waals surface area contributed by atoms with Gasteiger partial charge >= 0.3 is 0 Å². The van der Waals surface area contributed by atoms with Gasteiger partial charge in [-0.2, -0.15) is 5.11 Å². The van der Waals surface area contributed by atoms with Crippen molar-refractivity contribution in [3.63, 3.8) is 0 Å². The van der Waals surface area contributed by atoms with Gasteiger partial charge in [0.25, 0.3) is 0 Å². The van der Waals surface area contributed by atoms with Crippen molar-refractivity contribution in [2.45, 2.75) is 0 Å². The summed E-state index contributed by atoms with van der Waals surface area (Å²) in [6.45, 7) is 0. The van der Waals surface area contributed by atoms with E-state index in [1.54, 1.807) is 12.1 Å². The summed E-state index contributed by atoms with van der Waals surface area (Å²) in [7, 11) is 3.79. The molecule has 1 radical (unpaired) electrons. The van der Waals surface area contributed by atoms with Gasteiger partial charge in [0, 0.05) is 14.1 Å². The minimum atomic E-state index is 0.408. The van der Waals surface area contributed by atoms with Gasteiger partial charge < -0.3 is 4.90 Å². The number of hydrogen-bond acceptors (Lipinski definition) is 4. The summed E-state index contributed by atoms with van der Waals surface area (Å²) >= 11 is 0. The van der Waals surface area contributed by atoms with E-state index in [1.807, 2.05) is 61.7 Å². The number of rotatable bonds is 4. The van der Waals surface area contributed by atoms with Gasteiger partial charge in [-0.15, -0.1) is 5.11 Å². The molecule has 0 spiro atoms. The number of nitrogens with zero attached hydrogens (tertiary/aromatic N) is 3. The highest BCUT2D eigenvalue weighted by Gasteiger charge is 2.09. The molecular weight excluding hydrogens is 238 g/mol. The number of carbonyl (C=O) groups excluding carboxylic acids is 1. The van der Waals surface area contributed by atoms with Crippen LogP contribution in [0.2, 0.25) is 0 Å². The van der Waals surface area contributed by atoms with Gasteiger partial charge in [-0.05, 0) is 24.3 Å². The van der Waals surface area contributed by atoms with Crippen LogP contribution in [0.4, 0.5) is 17.1 Å². The van der Waals surface area contributed by atoms with Crippen molar-refractivity contribution < 1.29 is 4.79 Å². The first-order valence-electron chi connectivity index (χ1n) is 5.87. The average Bonchev–Trinajstić information content (AvgIpc) is 2.45. The lowest BCUT2D eigenvalue weighted by Gasteiger charge is -2.15. The topological polar surface area (TPSA) is 45.0 Å². The Kier molecular flexibility index (Phi) is 4.03. The molecule has 2 rings (SSSR count). The molecule has 0 heterocycles. The molecule has 0 aliphatic carbocycles. The third-order valence-electron chi connectivity index (χ3n) is 2.63. The molecule has 0 saturated carbocycles. The summed E-state index contributed by atoms with van der Waals surface area (Å²) in [6.07, 6.45) is 1.90. The van der Waals surface area contributed by atoms with Crippen molar-refractivity contribution >= 4 is 23.3 Å². The van der Waals surface area contributed by atoms with E-state index in [4.69, 9.17) is 0 Å². The van der Waals surface area contributed by atoms with Crippen molar-refractivity contribution in [3.8, 4) is 0 Å². The van der Waals surface area contributed by atoms with Crippen molar-refractivity contribution in [2.24, 2.45) is 10.2 Å². The van der Waals surface area contributed by atoms with Crippen LogP contribution in [-0.2, 0) is 4.79 Å². The minimum Gasteiger partial charge on any atom is -0.376 e. The maximum absolute atomic E-state index is 11.0. The lowest BCUT2D eigenvalue weighted by molar-refractivity contribution is 0.563. The molecule has 2 aromatic rings. The van der Waals surface area contributed by atoms with Gasteiger partial charge in [0.05, 0.1) is 16.9 Å². The quantitative estimate of drug-likeness (QED) is 0.780. The van der Waals surface area contributed by atoms with Crippen LogP contribution in [0, 0.1) is 0 Å². The highest BCUT2D eigenvalue weighted by molar-refractivity contribution is 5.89. The largest absolute Gasteiger partial charge is 0.376 e. The lowest BCUT2D eigenvalue weighted by atomic mass is 10.1. The summed E-state index contributed by atoms with van der Waals surface area (Å²) in [6, 6.07) is 14.8. The smallest absolute Gasteiger partial charge is 0.235 e. The number of anilines is 1. The Morgan fingerprint density at radius 3 is 2.32 bits per heavy atom. The molecule has 0 fully saturated rings. The summed E-state index contributed by atoms with van der Waals surface area (Å²) in [5.74, 6) is 0. The van der Waals surface area contributed by atoms with Gasteiger partial charge in [-0.1, -0.05) is 24.3 Å². The van der Waals surface area contributed by atoms with Gasteiger partial charge in [-0.3, -0.25) is 4.79 Å². The van der Waals surface area contributed by atoms with E-state index in [0.717, 1.165) is 11.4 Å². The monoisotopic (exact) mass is 252 g/mol. The fraction of sp³-hybridized carbons (Fsp3) is 0.133. The number of benzene rings is 2. The van der Waals surface area contributed by atoms with Crippen LogP contribution in [0.3, 0.4) is 0 Å². The zero-order valence-corrected chi connectivity index (χ0v) is 10.9. The molecule has 95 valence electrons. The fourth-order valence-electron chi connectivity index (χ4n) is 1.68. The zero-order chi connectivity index (χ0) is 13.7. The molecule has 0 saturated heterocycles. The van der Waals surface area contributed by atoms with E-state index < -0.39 is 0 Å². The predicted octanol–water partition coefficient (Wildman–Crippen LogP) is 3.63. The van der Waals surface area contributed by atoms with E-state index >= 15 is 0 Å². The molecule has 0 N–H and O–H groups in total. The standard InChI is InChI=1S/C15H14N3O/c1-18(2)14-10-6-7-12(11-19)15(14)17-16-13-8-4-3-5-9-13/h3-10H,1-2H3. The Labute approximate surface area is 112 Å². The second-order valence-electron chi connectivity index (χ2n) is 4.21. The highest BCUT2D eigenvalue weighted by atomic mass is 16.1. The zero-order valence-electron chi connectivity index (χ0n) is 10.9. The first kappa shape index (κ1) is 13.0. The fourth-order valence-corrected chi connectivity index (χ4v) is 1.68. The Morgan fingerprint density at radius 2 is 1.68 bits per heavy atom. The van der Waals surface area contributed by atoms with Crippen LogP contribution < -0.4 is 4.90 Å². The molecule has 4 heteroatoms. The summed E-state index contributed by atoms with van der Waals surface area (Å²) in [4.78, 5) is 12.9. The summed E-state index contributed by atoms with van der Waals surface area (Å²) < 4.78 is 0. The number of hydrogen-bond donors (Lipinski definition) is 0. The Hall–Kier alpha value is -2.49. The molecule has 0 aliphatic heterocycles. The van der Waals surface area contributed by atoms with E-state index in [-0.39, 0.29) is 0 Å². The van der Waals surface area contributed by atoms with Gasteiger partial charge in [-0.25, -0.2) is 0 Å². The van der Waals surface area contributed by atoms with E-state index in [2.05, 4.69) is 10.2 Å². The van der Waals surface area contributed by atoms with Gasteiger partial charge in [0.2, 0.25) is 6.29 Å². The Bertz CT molecular complexity index is 592. The van der Waals surface area contributed by atoms with E-state index in [0.29, 0.717) is 11.3 Å². The van der Waals surface area contributed by atoms with Crippen LogP contribution in [0.1, 0.15) is 5.56 Å². The van der Waals surface area contributed by atoms with Crippen LogP contribution >= 0.6 is 0 Å². The predicted molar refractivity (Wildman–Crippen MR) is 76.2 cm³/mol. The Morgan fingerprint density at radius 1 is 0.947 bits per heavy atom. The molecule has 4 nitrogen and oxygen atoms in total. The molecule has 19 heavy (non-hydrogen) atoms. The third kappa shape index (κ3) is 3.04. The molecule has 0 amide bonds. The van der Waals surface area contributed by atoms with Crippen molar-refractivity contribution in [1.82, 2.24) is 0 Å². The van der Waals surface area contributed by atoms with Crippen LogP contribution in [-0.4, -0.2) is 20.4 Å². The average molecular weight is 252 g/mol. The first-order valence-corrected chi connectivity index (χ1v) is 5.87. The summed E-state index contributed by atoms with van der Waals surface area (Å²) in [5, 5.41) is 8.34. The molecule has 0 atom stereocenters. The second-order valence-corrected chi connectivity index (χ2v) is 4.21. The third-order valence-corrected chi connectivity index (χ3v) is 2.63. The summed E-state index contributed by atoms with van der Waals surface area (Å²) in [5.41, 5.74) is 2.52. The maximum Gasteiger partial charge on any atom is 0.235 e. The molecule has 0 bridgehead atoms. The SMILES string of the molecule is CN(C)c1cccc([C]=O)c1N=Nc1ccccc1. The van der Waals surface area contributed by atoms with Gasteiger partial charge in [0.1, 0.15) is 5.69 Å². The lowest BCUT2D eigenvalue weighted by Crippen LogP contribution is -2.09. The normalized spacial score (nSPS) is 10.6. The second kappa shape index (κ2) is 5.91. The maximum atomic E-state index is 11.0. The van der Waals surface area contributed by atoms with E-state index in [1.165, 1.54) is 0 Å². The first-order chi connectivity index (χ1) is 9.22. The number of azo groups is 1. The Balaban J connectivity index is 2.43. The molecule has 0 unspecified atom stereocenters. The van der Waals surface area contributed by atoms with Crippen molar-refractivity contribution in [2.75, 3.05) is 19.0 Å². The molecular formula is C15H14N3O. The molecule has 0 aromatic heterocycles. The highest BCUT2D eigenvalue weighted by Crippen LogP contribution is 2.31. The molecule has 0 aliphatic rings. The van der Waals surface area contributed by atoms with Crippen LogP contribution in [0.5, 0.6) is 0 Å². The van der Waals surface area contributed by atoms with Crippen molar-refractivity contribution in [3.05, 3.63) is 54.1 Å². The molecule has 2 aromatic carbocycles. The van der Waals surface area contributed by atoms with Crippen molar-refractivity contribution in [1.29, 1.82) is 0 Å².